The van der Waals surface area contributed by atoms with Crippen molar-refractivity contribution in [1.29, 1.82) is 0 Å². The van der Waals surface area contributed by atoms with E-state index in [1.165, 1.54) is 22.5 Å². The molecule has 0 atom stereocenters. The van der Waals surface area contributed by atoms with Gasteiger partial charge in [0.05, 0.1) is 16.4 Å². The van der Waals surface area contributed by atoms with Gasteiger partial charge in [-0.2, -0.15) is 4.31 Å². The number of hydrogen-bond donors (Lipinski definition) is 1. The average molecular weight is 535 g/mol. The second-order valence-electron chi connectivity index (χ2n) is 8.44. The van der Waals surface area contributed by atoms with E-state index in [-0.39, 0.29) is 59.7 Å². The Morgan fingerprint density at radius 2 is 1.69 bits per heavy atom. The number of hydrogen-bond acceptors (Lipinski definition) is 8. The number of amides is 1. The third-order valence-corrected chi connectivity index (χ3v) is 9.01. The van der Waals surface area contributed by atoms with Gasteiger partial charge in [0.2, 0.25) is 21.7 Å². The van der Waals surface area contributed by atoms with Gasteiger partial charge >= 0.3 is 5.97 Å². The largest absolute Gasteiger partial charge is 0.460 e. The summed E-state index contributed by atoms with van der Waals surface area (Å²) < 4.78 is 61.8. The Morgan fingerprint density at radius 3 is 2.36 bits per heavy atom. The standard InChI is InChI=1S/C24H26N2O8S2/c1-3-33-24(28)22-21(19-9-4-5-10-20(19)34-22)25-23(27)16-11-13-26(14-12-16)36(31,32)18-8-6-7-17(15-18)35(2,29)30/h4-10,15-16H,3,11-14H2,1-2H3,(H,25,27). The zero-order valence-corrected chi connectivity index (χ0v) is 21.4. The number of sulfonamides is 1. The van der Waals surface area contributed by atoms with Crippen LogP contribution in [0, 0.1) is 5.92 Å². The van der Waals surface area contributed by atoms with Crippen molar-refractivity contribution in [2.45, 2.75) is 29.6 Å². The predicted molar refractivity (Wildman–Crippen MR) is 132 cm³/mol. The van der Waals surface area contributed by atoms with E-state index >= 15 is 0 Å². The quantitative estimate of drug-likeness (QED) is 0.456. The molecule has 1 amide bonds. The highest BCUT2D eigenvalue weighted by Crippen LogP contribution is 2.33. The molecule has 1 fully saturated rings. The minimum absolute atomic E-state index is 0.0809. The fraction of sp³-hybridized carbons (Fsp3) is 0.333. The Hall–Kier alpha value is -3.22. The number of piperidine rings is 1. The maximum atomic E-state index is 13.1. The first-order chi connectivity index (χ1) is 17.0. The lowest BCUT2D eigenvalue weighted by Gasteiger charge is -2.30. The summed E-state index contributed by atoms with van der Waals surface area (Å²) in [5.41, 5.74) is 0.648. The van der Waals surface area contributed by atoms with Gasteiger partial charge < -0.3 is 14.5 Å². The third kappa shape index (κ3) is 5.15. The topological polar surface area (TPSA) is 140 Å². The normalized spacial score (nSPS) is 15.6. The summed E-state index contributed by atoms with van der Waals surface area (Å²) in [5.74, 6) is -1.65. The summed E-state index contributed by atoms with van der Waals surface area (Å²) in [6.45, 7) is 1.97. The monoisotopic (exact) mass is 534 g/mol. The van der Waals surface area contributed by atoms with Crippen LogP contribution in [0.3, 0.4) is 0 Å². The minimum Gasteiger partial charge on any atom is -0.460 e. The molecule has 3 aromatic rings. The second-order valence-corrected chi connectivity index (χ2v) is 12.4. The van der Waals surface area contributed by atoms with Crippen molar-refractivity contribution < 1.29 is 35.6 Å². The molecule has 1 aromatic heterocycles. The van der Waals surface area contributed by atoms with Gasteiger partial charge in [-0.3, -0.25) is 4.79 Å². The van der Waals surface area contributed by atoms with Gasteiger partial charge in [-0.1, -0.05) is 18.2 Å². The molecule has 4 rings (SSSR count). The number of carbonyl (C=O) groups excluding carboxylic acids is 2. The van der Waals surface area contributed by atoms with Crippen LogP contribution < -0.4 is 5.32 Å². The van der Waals surface area contributed by atoms with E-state index in [1.807, 2.05) is 0 Å². The van der Waals surface area contributed by atoms with E-state index in [0.29, 0.717) is 11.0 Å². The van der Waals surface area contributed by atoms with Crippen LogP contribution in [0.15, 0.2) is 62.7 Å². The van der Waals surface area contributed by atoms with Gasteiger partial charge in [0, 0.05) is 30.6 Å². The Kier molecular flexibility index (Phi) is 7.21. The molecule has 1 saturated heterocycles. The van der Waals surface area contributed by atoms with Crippen LogP contribution in [0.2, 0.25) is 0 Å². The Bertz CT molecular complexity index is 1520. The molecule has 192 valence electrons. The second kappa shape index (κ2) is 10.0. The van der Waals surface area contributed by atoms with Crippen LogP contribution >= 0.6 is 0 Å². The summed E-state index contributed by atoms with van der Waals surface area (Å²) in [4.78, 5) is 25.3. The molecule has 0 unspecified atom stereocenters. The van der Waals surface area contributed by atoms with Crippen molar-refractivity contribution in [3.63, 3.8) is 0 Å². The molecule has 0 saturated carbocycles. The number of esters is 1. The highest BCUT2D eigenvalue weighted by molar-refractivity contribution is 7.91. The van der Waals surface area contributed by atoms with Gasteiger partial charge in [-0.15, -0.1) is 0 Å². The summed E-state index contributed by atoms with van der Waals surface area (Å²) in [6, 6.07) is 12.1. The molecule has 1 aliphatic heterocycles. The SMILES string of the molecule is CCOC(=O)c1oc2ccccc2c1NC(=O)C1CCN(S(=O)(=O)c2cccc(S(C)(=O)=O)c2)CC1. The third-order valence-electron chi connectivity index (χ3n) is 6.00. The number of para-hydroxylation sites is 1. The van der Waals surface area contributed by atoms with E-state index < -0.39 is 31.7 Å². The van der Waals surface area contributed by atoms with Gasteiger partial charge in [0.15, 0.2) is 9.84 Å². The van der Waals surface area contributed by atoms with Crippen LogP contribution in [-0.4, -0.2) is 59.0 Å². The number of anilines is 1. The van der Waals surface area contributed by atoms with Gasteiger partial charge in [-0.25, -0.2) is 21.6 Å². The van der Waals surface area contributed by atoms with Crippen molar-refractivity contribution in [3.05, 3.63) is 54.3 Å². The lowest BCUT2D eigenvalue weighted by molar-refractivity contribution is -0.120. The summed E-state index contributed by atoms with van der Waals surface area (Å²) in [6.07, 6.45) is 1.52. The van der Waals surface area contributed by atoms with Crippen LogP contribution in [-0.2, 0) is 29.4 Å². The lowest BCUT2D eigenvalue weighted by Crippen LogP contribution is -2.41. The first kappa shape index (κ1) is 25.9. The first-order valence-electron chi connectivity index (χ1n) is 11.3. The van der Waals surface area contributed by atoms with E-state index in [2.05, 4.69) is 5.32 Å². The molecule has 10 nitrogen and oxygen atoms in total. The predicted octanol–water partition coefficient (Wildman–Crippen LogP) is 3.05. The number of nitrogens with zero attached hydrogens (tertiary/aromatic N) is 1. The number of carbonyl (C=O) groups is 2. The van der Waals surface area contributed by atoms with Crippen molar-refractivity contribution in [2.24, 2.45) is 5.92 Å². The molecular formula is C24H26N2O8S2. The highest BCUT2D eigenvalue weighted by atomic mass is 32.2. The molecule has 2 aromatic carbocycles. The van der Waals surface area contributed by atoms with E-state index in [0.717, 1.165) is 12.3 Å². The summed E-state index contributed by atoms with van der Waals surface area (Å²) >= 11 is 0. The van der Waals surface area contributed by atoms with Gasteiger partial charge in [-0.05, 0) is 50.1 Å². The molecule has 1 N–H and O–H groups in total. The van der Waals surface area contributed by atoms with E-state index in [9.17, 15) is 26.4 Å². The molecule has 0 aliphatic carbocycles. The smallest absolute Gasteiger partial charge is 0.376 e. The first-order valence-corrected chi connectivity index (χ1v) is 14.6. The molecule has 36 heavy (non-hydrogen) atoms. The van der Waals surface area contributed by atoms with Gasteiger partial charge in [0.1, 0.15) is 11.3 Å². The number of fused-ring (bicyclic) bond motifs is 1. The number of benzene rings is 2. The summed E-state index contributed by atoms with van der Waals surface area (Å²) in [5, 5.41) is 3.34. The number of nitrogens with one attached hydrogen (secondary N) is 1. The Balaban J connectivity index is 1.49. The van der Waals surface area contributed by atoms with Crippen LogP contribution in [0.1, 0.15) is 30.3 Å². The number of ether oxygens (including phenoxy) is 1. The summed E-state index contributed by atoms with van der Waals surface area (Å²) in [7, 11) is -7.50. The van der Waals surface area contributed by atoms with Gasteiger partial charge in [0.25, 0.3) is 0 Å². The minimum atomic E-state index is -3.94. The molecule has 1 aliphatic rings. The van der Waals surface area contributed by atoms with Crippen molar-refractivity contribution in [1.82, 2.24) is 4.31 Å². The molecule has 0 spiro atoms. The fourth-order valence-corrected chi connectivity index (χ4v) is 6.37. The molecular weight excluding hydrogens is 508 g/mol. The molecule has 2 heterocycles. The van der Waals surface area contributed by atoms with E-state index in [1.54, 1.807) is 31.2 Å². The highest BCUT2D eigenvalue weighted by Gasteiger charge is 2.33. The van der Waals surface area contributed by atoms with Crippen LogP contribution in [0.4, 0.5) is 5.69 Å². The van der Waals surface area contributed by atoms with Crippen molar-refractivity contribution >= 4 is 48.4 Å². The van der Waals surface area contributed by atoms with Crippen LogP contribution in [0.5, 0.6) is 0 Å². The Labute approximate surface area is 209 Å². The molecule has 12 heteroatoms. The maximum absolute atomic E-state index is 13.1. The molecule has 0 bridgehead atoms. The maximum Gasteiger partial charge on any atom is 0.376 e. The molecule has 0 radical (unpaired) electrons. The fourth-order valence-electron chi connectivity index (χ4n) is 4.11. The average Bonchev–Trinajstić information content (AvgIpc) is 3.22. The number of rotatable bonds is 7. The zero-order chi connectivity index (χ0) is 26.1. The zero-order valence-electron chi connectivity index (χ0n) is 19.8. The Morgan fingerprint density at radius 1 is 1.03 bits per heavy atom. The number of sulfone groups is 1. The van der Waals surface area contributed by atoms with E-state index in [4.69, 9.17) is 9.15 Å². The van der Waals surface area contributed by atoms with Crippen molar-refractivity contribution in [2.75, 3.05) is 31.3 Å². The van der Waals surface area contributed by atoms with Crippen molar-refractivity contribution in [3.8, 4) is 0 Å². The lowest BCUT2D eigenvalue weighted by atomic mass is 9.97. The van der Waals surface area contributed by atoms with Crippen LogP contribution in [0.25, 0.3) is 11.0 Å². The number of furan rings is 1.